The molecule has 0 aromatic heterocycles. The molecule has 31 heavy (non-hydrogen) atoms. The van der Waals surface area contributed by atoms with Crippen molar-refractivity contribution in [2.24, 2.45) is 5.92 Å². The van der Waals surface area contributed by atoms with Crippen LogP contribution in [-0.2, 0) is 19.6 Å². The van der Waals surface area contributed by atoms with Crippen molar-refractivity contribution in [3.05, 3.63) is 59.7 Å². The van der Waals surface area contributed by atoms with E-state index in [4.69, 9.17) is 4.74 Å². The molecule has 3 rings (SSSR count). The quantitative estimate of drug-likeness (QED) is 0.639. The van der Waals surface area contributed by atoms with Gasteiger partial charge in [-0.3, -0.25) is 13.9 Å². The van der Waals surface area contributed by atoms with Gasteiger partial charge in [-0.25, -0.2) is 8.42 Å². The minimum atomic E-state index is -3.82. The maximum Gasteiger partial charge on any atom is 0.309 e. The van der Waals surface area contributed by atoms with E-state index in [1.54, 1.807) is 60.4 Å². The lowest BCUT2D eigenvalue weighted by Crippen LogP contribution is -2.41. The molecule has 0 unspecified atom stereocenters. The first kappa shape index (κ1) is 22.8. The maximum atomic E-state index is 13.2. The van der Waals surface area contributed by atoms with Gasteiger partial charge in [-0.15, -0.1) is 0 Å². The van der Waals surface area contributed by atoms with Crippen LogP contribution >= 0.6 is 0 Å². The Morgan fingerprint density at radius 1 is 1.06 bits per heavy atom. The lowest BCUT2D eigenvalue weighted by atomic mass is 9.96. The lowest BCUT2D eigenvalue weighted by Gasteiger charge is -2.32. The number of esters is 1. The molecule has 2 aromatic rings. The van der Waals surface area contributed by atoms with E-state index in [1.807, 2.05) is 6.92 Å². The van der Waals surface area contributed by atoms with Gasteiger partial charge < -0.3 is 9.64 Å². The van der Waals surface area contributed by atoms with Crippen LogP contribution in [-0.4, -0.2) is 51.9 Å². The number of carbonyl (C=O) groups is 2. The summed E-state index contributed by atoms with van der Waals surface area (Å²) in [7, 11) is -2.37. The van der Waals surface area contributed by atoms with Gasteiger partial charge in [-0.2, -0.15) is 0 Å². The largest absolute Gasteiger partial charge is 0.466 e. The second-order valence-electron chi connectivity index (χ2n) is 7.62. The number of para-hydroxylation sites is 1. The molecule has 0 saturated carbocycles. The van der Waals surface area contributed by atoms with Gasteiger partial charge in [0.1, 0.15) is 0 Å². The fourth-order valence-corrected chi connectivity index (χ4v) is 4.89. The van der Waals surface area contributed by atoms with Crippen molar-refractivity contribution in [1.82, 2.24) is 4.90 Å². The molecule has 0 aliphatic carbocycles. The summed E-state index contributed by atoms with van der Waals surface area (Å²) in [6, 6.07) is 13.3. The number of amides is 1. The van der Waals surface area contributed by atoms with E-state index in [0.29, 0.717) is 43.8 Å². The van der Waals surface area contributed by atoms with E-state index >= 15 is 0 Å². The lowest BCUT2D eigenvalue weighted by molar-refractivity contribution is -0.149. The number of anilines is 1. The van der Waals surface area contributed by atoms with Crippen LogP contribution in [0.1, 0.15) is 35.7 Å². The second kappa shape index (κ2) is 9.51. The highest BCUT2D eigenvalue weighted by atomic mass is 32.2. The van der Waals surface area contributed by atoms with Gasteiger partial charge in [0.05, 0.1) is 28.7 Å². The number of hydrogen-bond acceptors (Lipinski definition) is 5. The van der Waals surface area contributed by atoms with E-state index in [-0.39, 0.29) is 22.7 Å². The van der Waals surface area contributed by atoms with E-state index in [1.165, 1.54) is 7.05 Å². The van der Waals surface area contributed by atoms with Gasteiger partial charge >= 0.3 is 5.97 Å². The Bertz CT molecular complexity index is 1040. The maximum absolute atomic E-state index is 13.2. The van der Waals surface area contributed by atoms with Crippen molar-refractivity contribution in [1.29, 1.82) is 0 Å². The first-order valence-electron chi connectivity index (χ1n) is 10.4. The molecule has 0 radical (unpaired) electrons. The van der Waals surface area contributed by atoms with Gasteiger partial charge in [0.25, 0.3) is 15.9 Å². The minimum Gasteiger partial charge on any atom is -0.466 e. The summed E-state index contributed by atoms with van der Waals surface area (Å²) in [5, 5.41) is 0. The standard InChI is InChI=1S/C23H28N2O5S/c1-4-30-23(27)18-13-15-25(16-14-18)22(26)20-7-5-6-8-21(20)24(3)31(28,29)19-11-9-17(2)10-12-19/h5-12,18H,4,13-16H2,1-3H3. The van der Waals surface area contributed by atoms with Crippen LogP contribution in [0, 0.1) is 12.8 Å². The topological polar surface area (TPSA) is 84.0 Å². The van der Waals surface area contributed by atoms with Gasteiger partial charge in [-0.1, -0.05) is 29.8 Å². The molecule has 8 heteroatoms. The predicted molar refractivity (Wildman–Crippen MR) is 118 cm³/mol. The van der Waals surface area contributed by atoms with Crippen LogP contribution in [0.4, 0.5) is 5.69 Å². The SMILES string of the molecule is CCOC(=O)C1CCN(C(=O)c2ccccc2N(C)S(=O)(=O)c2ccc(C)cc2)CC1. The Hall–Kier alpha value is -2.87. The Morgan fingerprint density at radius 3 is 2.29 bits per heavy atom. The van der Waals surface area contributed by atoms with Crippen molar-refractivity contribution in [3.8, 4) is 0 Å². The first-order valence-corrected chi connectivity index (χ1v) is 11.8. The molecule has 1 saturated heterocycles. The van der Waals surface area contributed by atoms with Crippen LogP contribution in [0.25, 0.3) is 0 Å². The van der Waals surface area contributed by atoms with Crippen molar-refractivity contribution in [2.45, 2.75) is 31.6 Å². The normalized spacial score (nSPS) is 14.9. The molecule has 166 valence electrons. The molecular weight excluding hydrogens is 416 g/mol. The monoisotopic (exact) mass is 444 g/mol. The average molecular weight is 445 g/mol. The Balaban J connectivity index is 1.81. The number of piperidine rings is 1. The number of benzene rings is 2. The zero-order valence-electron chi connectivity index (χ0n) is 18.1. The third-order valence-corrected chi connectivity index (χ3v) is 7.34. The molecule has 1 amide bonds. The molecule has 0 atom stereocenters. The molecular formula is C23H28N2O5S. The van der Waals surface area contributed by atoms with Crippen molar-refractivity contribution < 1.29 is 22.7 Å². The Kier molecular flexibility index (Phi) is 7.00. The zero-order chi connectivity index (χ0) is 22.6. The minimum absolute atomic E-state index is 0.165. The van der Waals surface area contributed by atoms with E-state index in [0.717, 1.165) is 9.87 Å². The summed E-state index contributed by atoms with van der Waals surface area (Å²) in [5.41, 5.74) is 1.60. The number of hydrogen-bond donors (Lipinski definition) is 0. The highest BCUT2D eigenvalue weighted by Crippen LogP contribution is 2.28. The number of rotatable bonds is 6. The molecule has 0 N–H and O–H groups in total. The molecule has 0 bridgehead atoms. The predicted octanol–water partition coefficient (Wildman–Crippen LogP) is 3.24. The molecule has 7 nitrogen and oxygen atoms in total. The van der Waals surface area contributed by atoms with E-state index in [2.05, 4.69) is 0 Å². The number of ether oxygens (including phenoxy) is 1. The number of nitrogens with zero attached hydrogens (tertiary/aromatic N) is 2. The number of aryl methyl sites for hydroxylation is 1. The number of carbonyl (C=O) groups excluding carboxylic acids is 2. The summed E-state index contributed by atoms with van der Waals surface area (Å²) >= 11 is 0. The van der Waals surface area contributed by atoms with Crippen molar-refractivity contribution in [2.75, 3.05) is 31.0 Å². The highest BCUT2D eigenvalue weighted by molar-refractivity contribution is 7.92. The molecule has 0 spiro atoms. The summed E-state index contributed by atoms with van der Waals surface area (Å²) in [6.07, 6.45) is 1.06. The third kappa shape index (κ3) is 4.90. The fraction of sp³-hybridized carbons (Fsp3) is 0.391. The summed E-state index contributed by atoms with van der Waals surface area (Å²) in [4.78, 5) is 27.0. The smallest absolute Gasteiger partial charge is 0.309 e. The van der Waals surface area contributed by atoms with Crippen LogP contribution in [0.3, 0.4) is 0 Å². The van der Waals surface area contributed by atoms with Crippen LogP contribution in [0.5, 0.6) is 0 Å². The number of sulfonamides is 1. The van der Waals surface area contributed by atoms with Gasteiger partial charge in [0.15, 0.2) is 0 Å². The zero-order valence-corrected chi connectivity index (χ0v) is 18.9. The second-order valence-corrected chi connectivity index (χ2v) is 9.59. The Labute approximate surface area is 183 Å². The molecule has 1 aliphatic heterocycles. The Morgan fingerprint density at radius 2 is 1.68 bits per heavy atom. The summed E-state index contributed by atoms with van der Waals surface area (Å²) < 4.78 is 32.5. The molecule has 2 aromatic carbocycles. The van der Waals surface area contributed by atoms with Crippen LogP contribution < -0.4 is 4.31 Å². The third-order valence-electron chi connectivity index (χ3n) is 5.56. The molecule has 1 aliphatic rings. The molecule has 1 fully saturated rings. The average Bonchev–Trinajstić information content (AvgIpc) is 2.78. The van der Waals surface area contributed by atoms with Crippen LogP contribution in [0.2, 0.25) is 0 Å². The van der Waals surface area contributed by atoms with Crippen molar-refractivity contribution >= 4 is 27.6 Å². The van der Waals surface area contributed by atoms with Gasteiger partial charge in [0.2, 0.25) is 0 Å². The molecule has 1 heterocycles. The summed E-state index contributed by atoms with van der Waals surface area (Å²) in [6.45, 7) is 4.84. The number of likely N-dealkylation sites (tertiary alicyclic amines) is 1. The van der Waals surface area contributed by atoms with Crippen LogP contribution in [0.15, 0.2) is 53.4 Å². The van der Waals surface area contributed by atoms with Gasteiger partial charge in [-0.05, 0) is 51.0 Å². The highest BCUT2D eigenvalue weighted by Gasteiger charge is 2.31. The van der Waals surface area contributed by atoms with Gasteiger partial charge in [0, 0.05) is 20.1 Å². The van der Waals surface area contributed by atoms with E-state index < -0.39 is 10.0 Å². The van der Waals surface area contributed by atoms with Crippen molar-refractivity contribution in [3.63, 3.8) is 0 Å². The first-order chi connectivity index (χ1) is 14.8. The fourth-order valence-electron chi connectivity index (χ4n) is 3.68. The van der Waals surface area contributed by atoms with E-state index in [9.17, 15) is 18.0 Å². The summed E-state index contributed by atoms with van der Waals surface area (Å²) in [5.74, 6) is -0.674.